The number of primary amides is 1. The number of hydrogen-bond donors (Lipinski definition) is 2. The minimum absolute atomic E-state index is 0.153. The molecular formula is C10H11BrN2O2. The molecule has 0 aliphatic rings. The smallest absolute Gasteiger partial charge is 0.251 e. The van der Waals surface area contributed by atoms with E-state index in [9.17, 15) is 9.59 Å². The normalized spacial score (nSPS) is 9.67. The van der Waals surface area contributed by atoms with Crippen molar-refractivity contribution in [3.63, 3.8) is 0 Å². The zero-order valence-electron chi connectivity index (χ0n) is 8.00. The Bertz CT molecular complexity index is 379. The first-order chi connectivity index (χ1) is 7.09. The van der Waals surface area contributed by atoms with E-state index in [-0.39, 0.29) is 18.9 Å². The second-order valence-corrected chi connectivity index (χ2v) is 3.90. The summed E-state index contributed by atoms with van der Waals surface area (Å²) in [4.78, 5) is 21.9. The van der Waals surface area contributed by atoms with Crippen molar-refractivity contribution in [3.8, 4) is 0 Å². The Kier molecular flexibility index (Phi) is 4.30. The topological polar surface area (TPSA) is 72.2 Å². The molecule has 0 atom stereocenters. The van der Waals surface area contributed by atoms with Crippen molar-refractivity contribution in [2.45, 2.75) is 6.42 Å². The molecule has 0 aliphatic carbocycles. The molecule has 1 rings (SSSR count). The van der Waals surface area contributed by atoms with Crippen molar-refractivity contribution >= 4 is 27.7 Å². The van der Waals surface area contributed by atoms with Crippen LogP contribution >= 0.6 is 15.9 Å². The zero-order valence-corrected chi connectivity index (χ0v) is 9.58. The zero-order chi connectivity index (χ0) is 11.3. The highest BCUT2D eigenvalue weighted by Gasteiger charge is 2.05. The predicted molar refractivity (Wildman–Crippen MR) is 60.3 cm³/mol. The highest BCUT2D eigenvalue weighted by molar-refractivity contribution is 9.10. The first kappa shape index (κ1) is 11.7. The fourth-order valence-corrected chi connectivity index (χ4v) is 1.43. The lowest BCUT2D eigenvalue weighted by atomic mass is 10.2. The van der Waals surface area contributed by atoms with E-state index in [2.05, 4.69) is 21.2 Å². The number of amides is 2. The average Bonchev–Trinajstić information content (AvgIpc) is 2.17. The standard InChI is InChI=1S/C10H11BrN2O2/c11-8-3-1-2-7(6-8)10(15)13-5-4-9(12)14/h1-3,6H,4-5H2,(H2,12,14)(H,13,15). The van der Waals surface area contributed by atoms with E-state index in [1.807, 2.05) is 6.07 Å². The van der Waals surface area contributed by atoms with Gasteiger partial charge in [-0.3, -0.25) is 9.59 Å². The lowest BCUT2D eigenvalue weighted by Gasteiger charge is -2.03. The predicted octanol–water partition coefficient (Wildman–Crippen LogP) is 1.05. The highest BCUT2D eigenvalue weighted by Crippen LogP contribution is 2.11. The van der Waals surface area contributed by atoms with Gasteiger partial charge in [-0.2, -0.15) is 0 Å². The number of hydrogen-bond acceptors (Lipinski definition) is 2. The summed E-state index contributed by atoms with van der Waals surface area (Å²) >= 11 is 3.27. The Morgan fingerprint density at radius 1 is 1.40 bits per heavy atom. The largest absolute Gasteiger partial charge is 0.370 e. The fraction of sp³-hybridized carbons (Fsp3) is 0.200. The van der Waals surface area contributed by atoms with Gasteiger partial charge < -0.3 is 11.1 Å². The molecule has 0 fully saturated rings. The van der Waals surface area contributed by atoms with Gasteiger partial charge in [-0.15, -0.1) is 0 Å². The van der Waals surface area contributed by atoms with Gasteiger partial charge in [0, 0.05) is 23.0 Å². The molecule has 2 amide bonds. The molecule has 0 bridgehead atoms. The molecule has 0 aromatic heterocycles. The Morgan fingerprint density at radius 2 is 2.13 bits per heavy atom. The lowest BCUT2D eigenvalue weighted by Crippen LogP contribution is -2.27. The molecular weight excluding hydrogens is 260 g/mol. The molecule has 0 aliphatic heterocycles. The van der Waals surface area contributed by atoms with E-state index in [1.165, 1.54) is 0 Å². The van der Waals surface area contributed by atoms with Crippen LogP contribution in [0.4, 0.5) is 0 Å². The van der Waals surface area contributed by atoms with Crippen LogP contribution in [-0.2, 0) is 4.79 Å². The molecule has 0 saturated carbocycles. The quantitative estimate of drug-likeness (QED) is 0.859. The van der Waals surface area contributed by atoms with E-state index in [0.29, 0.717) is 5.56 Å². The molecule has 0 saturated heterocycles. The highest BCUT2D eigenvalue weighted by atomic mass is 79.9. The first-order valence-corrected chi connectivity index (χ1v) is 5.21. The molecule has 4 nitrogen and oxygen atoms in total. The van der Waals surface area contributed by atoms with Crippen LogP contribution in [0.3, 0.4) is 0 Å². The number of rotatable bonds is 4. The van der Waals surface area contributed by atoms with Gasteiger partial charge in [-0.1, -0.05) is 22.0 Å². The van der Waals surface area contributed by atoms with Gasteiger partial charge in [-0.05, 0) is 18.2 Å². The Labute approximate surface area is 96.0 Å². The molecule has 15 heavy (non-hydrogen) atoms. The molecule has 0 spiro atoms. The first-order valence-electron chi connectivity index (χ1n) is 4.41. The molecule has 80 valence electrons. The number of nitrogens with two attached hydrogens (primary N) is 1. The van der Waals surface area contributed by atoms with Crippen molar-refractivity contribution in [2.24, 2.45) is 5.73 Å². The molecule has 3 N–H and O–H groups in total. The Hall–Kier alpha value is -1.36. The van der Waals surface area contributed by atoms with Crippen LogP contribution in [0.15, 0.2) is 28.7 Å². The molecule has 1 aromatic rings. The van der Waals surface area contributed by atoms with Gasteiger partial charge >= 0.3 is 0 Å². The summed E-state index contributed by atoms with van der Waals surface area (Å²) in [6, 6.07) is 7.01. The molecule has 1 aromatic carbocycles. The van der Waals surface area contributed by atoms with Gasteiger partial charge in [0.05, 0.1) is 0 Å². The average molecular weight is 271 g/mol. The van der Waals surface area contributed by atoms with Crippen LogP contribution in [-0.4, -0.2) is 18.4 Å². The lowest BCUT2D eigenvalue weighted by molar-refractivity contribution is -0.117. The van der Waals surface area contributed by atoms with Crippen molar-refractivity contribution in [1.29, 1.82) is 0 Å². The van der Waals surface area contributed by atoms with Crippen molar-refractivity contribution < 1.29 is 9.59 Å². The summed E-state index contributed by atoms with van der Waals surface area (Å²) in [6.07, 6.45) is 0.153. The number of halogens is 1. The van der Waals surface area contributed by atoms with Crippen LogP contribution in [0, 0.1) is 0 Å². The van der Waals surface area contributed by atoms with E-state index >= 15 is 0 Å². The van der Waals surface area contributed by atoms with Gasteiger partial charge in [-0.25, -0.2) is 0 Å². The van der Waals surface area contributed by atoms with Crippen LogP contribution in [0.1, 0.15) is 16.8 Å². The minimum atomic E-state index is -0.426. The third-order valence-corrected chi connectivity index (χ3v) is 2.24. The molecule has 5 heteroatoms. The van der Waals surface area contributed by atoms with Crippen molar-refractivity contribution in [2.75, 3.05) is 6.54 Å². The summed E-state index contributed by atoms with van der Waals surface area (Å²) in [7, 11) is 0. The number of carbonyl (C=O) groups is 2. The third-order valence-electron chi connectivity index (χ3n) is 1.74. The van der Waals surface area contributed by atoms with E-state index < -0.39 is 5.91 Å². The van der Waals surface area contributed by atoms with Crippen molar-refractivity contribution in [3.05, 3.63) is 34.3 Å². The number of carbonyl (C=O) groups excluding carboxylic acids is 2. The summed E-state index contributed by atoms with van der Waals surface area (Å²) in [5, 5.41) is 2.60. The third kappa shape index (κ3) is 4.12. The monoisotopic (exact) mass is 270 g/mol. The Morgan fingerprint density at radius 3 is 2.73 bits per heavy atom. The SMILES string of the molecule is NC(=O)CCNC(=O)c1cccc(Br)c1. The number of benzene rings is 1. The molecule has 0 heterocycles. The Balaban J connectivity index is 2.50. The summed E-state index contributed by atoms with van der Waals surface area (Å²) in [5.41, 5.74) is 5.49. The van der Waals surface area contributed by atoms with Crippen LogP contribution in [0.2, 0.25) is 0 Å². The summed E-state index contributed by atoms with van der Waals surface area (Å²) in [5.74, 6) is -0.637. The van der Waals surface area contributed by atoms with Gasteiger partial charge in [0.15, 0.2) is 0 Å². The number of nitrogens with one attached hydrogen (secondary N) is 1. The summed E-state index contributed by atoms with van der Waals surface area (Å²) in [6.45, 7) is 0.265. The van der Waals surface area contributed by atoms with E-state index in [0.717, 1.165) is 4.47 Å². The second kappa shape index (κ2) is 5.50. The van der Waals surface area contributed by atoms with Crippen LogP contribution < -0.4 is 11.1 Å². The van der Waals surface area contributed by atoms with Gasteiger partial charge in [0.2, 0.25) is 5.91 Å². The maximum atomic E-state index is 11.5. The maximum Gasteiger partial charge on any atom is 0.251 e. The van der Waals surface area contributed by atoms with Crippen LogP contribution in [0.25, 0.3) is 0 Å². The fourth-order valence-electron chi connectivity index (χ4n) is 1.03. The van der Waals surface area contributed by atoms with E-state index in [1.54, 1.807) is 18.2 Å². The van der Waals surface area contributed by atoms with Gasteiger partial charge in [0.25, 0.3) is 5.91 Å². The van der Waals surface area contributed by atoms with E-state index in [4.69, 9.17) is 5.73 Å². The second-order valence-electron chi connectivity index (χ2n) is 2.98. The van der Waals surface area contributed by atoms with Gasteiger partial charge in [0.1, 0.15) is 0 Å². The molecule has 0 radical (unpaired) electrons. The van der Waals surface area contributed by atoms with Crippen molar-refractivity contribution in [1.82, 2.24) is 5.32 Å². The molecule has 0 unspecified atom stereocenters. The van der Waals surface area contributed by atoms with Crippen LogP contribution in [0.5, 0.6) is 0 Å². The minimum Gasteiger partial charge on any atom is -0.370 e. The maximum absolute atomic E-state index is 11.5. The summed E-state index contributed by atoms with van der Waals surface area (Å²) < 4.78 is 0.838.